The molecule has 0 radical (unpaired) electrons. The zero-order valence-electron chi connectivity index (χ0n) is 32.6. The van der Waals surface area contributed by atoms with E-state index in [4.69, 9.17) is 30.2 Å². The van der Waals surface area contributed by atoms with Gasteiger partial charge >= 0.3 is 0 Å². The molecule has 4 aliphatic rings. The van der Waals surface area contributed by atoms with E-state index < -0.39 is 69.5 Å². The molecule has 10 nitrogen and oxygen atoms in total. The average molecular weight is 895 g/mol. The third-order valence-corrected chi connectivity index (χ3v) is 12.4. The van der Waals surface area contributed by atoms with Crippen LogP contribution in [0.2, 0.25) is 0 Å². The zero-order chi connectivity index (χ0) is 43.7. The molecule has 5 heterocycles. The Labute approximate surface area is 354 Å². The monoisotopic (exact) mass is 894 g/mol. The molecule has 0 saturated heterocycles. The van der Waals surface area contributed by atoms with Gasteiger partial charge in [-0.2, -0.15) is 0 Å². The molecule has 326 valence electrons. The number of nitrogens with one attached hydrogen (secondary N) is 3. The summed E-state index contributed by atoms with van der Waals surface area (Å²) in [4.78, 5) is 34.3. The SMILES string of the molecule is NC1CCCC1.O=C(Cc1[nH]c(=S)n2c1C[C@H](c1c(F)c(F)cc(F)c1F)C2)NC1CCCC1.O=C(Cc1[nH]c(=S)n2c1C[C@H](c1c(F)c(F)cc(F)c1F)C2)n1ccnc1. The molecule has 0 bridgehead atoms. The molecule has 0 spiro atoms. The minimum absolute atomic E-state index is 0.0302. The summed E-state index contributed by atoms with van der Waals surface area (Å²) in [5, 5.41) is 2.98. The van der Waals surface area contributed by atoms with Crippen LogP contribution in [0.15, 0.2) is 30.9 Å². The second-order valence-electron chi connectivity index (χ2n) is 15.8. The molecule has 3 aromatic heterocycles. The van der Waals surface area contributed by atoms with Gasteiger partial charge in [-0.25, -0.2) is 40.1 Å². The lowest BCUT2D eigenvalue weighted by atomic mass is 9.94. The zero-order valence-corrected chi connectivity index (χ0v) is 34.3. The van der Waals surface area contributed by atoms with E-state index in [0.29, 0.717) is 33.6 Å². The van der Waals surface area contributed by atoms with E-state index in [1.54, 1.807) is 9.13 Å². The van der Waals surface area contributed by atoms with Crippen molar-refractivity contribution in [2.45, 2.75) is 114 Å². The lowest BCUT2D eigenvalue weighted by Gasteiger charge is -2.13. The van der Waals surface area contributed by atoms with Crippen LogP contribution in [0.25, 0.3) is 0 Å². The van der Waals surface area contributed by atoms with Crippen LogP contribution in [0.5, 0.6) is 0 Å². The highest BCUT2D eigenvalue weighted by atomic mass is 32.1. The van der Waals surface area contributed by atoms with Crippen molar-refractivity contribution in [2.75, 3.05) is 0 Å². The number of aromatic nitrogens is 6. The smallest absolute Gasteiger partial charge is 0.237 e. The number of benzene rings is 2. The van der Waals surface area contributed by atoms with Crippen LogP contribution in [-0.2, 0) is 43.6 Å². The highest BCUT2D eigenvalue weighted by Gasteiger charge is 2.35. The normalized spacial score (nSPS) is 18.4. The van der Waals surface area contributed by atoms with Crippen molar-refractivity contribution in [1.29, 1.82) is 0 Å². The Kier molecular flexibility index (Phi) is 13.4. The number of carbonyl (C=O) groups excluding carboxylic acids is 2. The lowest BCUT2D eigenvalue weighted by molar-refractivity contribution is -0.121. The summed E-state index contributed by atoms with van der Waals surface area (Å²) >= 11 is 10.5. The van der Waals surface area contributed by atoms with Crippen LogP contribution in [0, 0.1) is 56.1 Å². The molecule has 0 unspecified atom stereocenters. The number of imidazole rings is 3. The van der Waals surface area contributed by atoms with Crippen molar-refractivity contribution in [3.8, 4) is 0 Å². The predicted molar refractivity (Wildman–Crippen MR) is 212 cm³/mol. The summed E-state index contributed by atoms with van der Waals surface area (Å²) in [5.74, 6) is -13.4. The first kappa shape index (κ1) is 44.1. The standard InChI is InChI=1S/C19H19F4N3OS.C17H12F4N4OS.C5H11N/c20-11-6-12(21)18(23)16(17(11)22)9-5-14-13(25-19(28)26(14)8-9)7-15(27)24-10-3-1-2-4-10;18-9-4-10(19)16(21)14(15(9)20)8-3-12-11(23-17(27)25(12)6-8)5-13(26)24-2-1-22-7-24;6-5-3-1-2-4-5/h6,9-10H,1-5,7-8H2,(H,24,27)(H,25,28);1-2,4,7-8H,3,5-6H2,(H,23,27);5H,1-4,6H2/t9-;8-;/m00./s1. The van der Waals surface area contributed by atoms with Gasteiger partial charge in [0.1, 0.15) is 6.33 Å². The van der Waals surface area contributed by atoms with Crippen LogP contribution in [0.3, 0.4) is 0 Å². The molecule has 2 aromatic carbocycles. The van der Waals surface area contributed by atoms with E-state index in [9.17, 15) is 44.7 Å². The summed E-state index contributed by atoms with van der Waals surface area (Å²) in [6.07, 6.45) is 13.9. The van der Waals surface area contributed by atoms with Gasteiger partial charge in [-0.15, -0.1) is 0 Å². The van der Waals surface area contributed by atoms with Crippen LogP contribution in [0.4, 0.5) is 35.1 Å². The van der Waals surface area contributed by atoms with Gasteiger partial charge in [0.15, 0.2) is 56.1 Å². The van der Waals surface area contributed by atoms with Gasteiger partial charge in [0.05, 0.1) is 12.8 Å². The van der Waals surface area contributed by atoms with Crippen LogP contribution in [-0.4, -0.2) is 52.6 Å². The molecule has 5 aromatic rings. The first-order valence-electron chi connectivity index (χ1n) is 19.9. The molecular formula is C41H42F8N8O2S2. The number of nitrogens with zero attached hydrogens (tertiary/aromatic N) is 4. The first-order chi connectivity index (χ1) is 29.1. The summed E-state index contributed by atoms with van der Waals surface area (Å²) in [6, 6.07) is 1.11. The van der Waals surface area contributed by atoms with E-state index in [0.717, 1.165) is 25.7 Å². The molecule has 9 rings (SSSR count). The molecule has 20 heteroatoms. The maximum absolute atomic E-state index is 14.2. The van der Waals surface area contributed by atoms with Crippen LogP contribution >= 0.6 is 24.4 Å². The number of H-pyrrole nitrogens is 2. The van der Waals surface area contributed by atoms with Crippen molar-refractivity contribution in [1.82, 2.24) is 34.0 Å². The average Bonchev–Trinajstić information content (AvgIpc) is 4.07. The second-order valence-corrected chi connectivity index (χ2v) is 16.6. The molecule has 2 aliphatic carbocycles. The number of fused-ring (bicyclic) bond motifs is 2. The fraction of sp³-hybridized carbons (Fsp3) is 0.439. The maximum Gasteiger partial charge on any atom is 0.237 e. The molecule has 2 aliphatic heterocycles. The number of carbonyl (C=O) groups is 2. The number of aromatic amines is 2. The fourth-order valence-corrected chi connectivity index (χ4v) is 9.31. The number of halogens is 8. The Morgan fingerprint density at radius 3 is 1.56 bits per heavy atom. The largest absolute Gasteiger partial charge is 0.353 e. The van der Waals surface area contributed by atoms with E-state index in [-0.39, 0.29) is 73.5 Å². The predicted octanol–water partition coefficient (Wildman–Crippen LogP) is 8.45. The third kappa shape index (κ3) is 9.45. The highest BCUT2D eigenvalue weighted by Crippen LogP contribution is 2.38. The topological polar surface area (TPSA) is 131 Å². The van der Waals surface area contributed by atoms with Crippen molar-refractivity contribution in [3.63, 3.8) is 0 Å². The Hall–Kier alpha value is -4.95. The number of rotatable bonds is 7. The first-order valence-corrected chi connectivity index (χ1v) is 20.8. The Bertz CT molecular complexity index is 2500. The molecule has 61 heavy (non-hydrogen) atoms. The van der Waals surface area contributed by atoms with Gasteiger partial charge in [-0.3, -0.25) is 14.2 Å². The summed E-state index contributed by atoms with van der Waals surface area (Å²) in [6.45, 7) is 0.145. The van der Waals surface area contributed by atoms with Gasteiger partial charge < -0.3 is 30.2 Å². The number of hydrogen-bond donors (Lipinski definition) is 4. The summed E-state index contributed by atoms with van der Waals surface area (Å²) in [5.41, 5.74) is 6.57. The van der Waals surface area contributed by atoms with Gasteiger partial charge in [0, 0.05) is 95.4 Å². The maximum atomic E-state index is 14.2. The second kappa shape index (κ2) is 18.6. The van der Waals surface area contributed by atoms with Crippen molar-refractivity contribution in [3.05, 3.63) is 121 Å². The minimum Gasteiger partial charge on any atom is -0.353 e. The molecule has 1 amide bonds. The van der Waals surface area contributed by atoms with Gasteiger partial charge in [-0.1, -0.05) is 25.7 Å². The number of hydrogen-bond acceptors (Lipinski definition) is 6. The van der Waals surface area contributed by atoms with Gasteiger partial charge in [0.2, 0.25) is 11.8 Å². The minimum atomic E-state index is -1.44. The Morgan fingerprint density at radius 1 is 0.705 bits per heavy atom. The third-order valence-electron chi connectivity index (χ3n) is 11.7. The molecule has 2 saturated carbocycles. The Morgan fingerprint density at radius 2 is 1.15 bits per heavy atom. The Balaban J connectivity index is 0.000000162. The van der Waals surface area contributed by atoms with E-state index >= 15 is 0 Å². The number of nitrogens with two attached hydrogens (primary N) is 1. The lowest BCUT2D eigenvalue weighted by Crippen LogP contribution is -2.34. The molecule has 5 N–H and O–H groups in total. The van der Waals surface area contributed by atoms with Crippen molar-refractivity contribution in [2.24, 2.45) is 5.73 Å². The highest BCUT2D eigenvalue weighted by molar-refractivity contribution is 7.71. The number of amides is 1. The quantitative estimate of drug-likeness (QED) is 0.0738. The molecular weight excluding hydrogens is 853 g/mol. The fourth-order valence-electron chi connectivity index (χ4n) is 8.69. The van der Waals surface area contributed by atoms with E-state index in [1.807, 2.05) is 0 Å². The van der Waals surface area contributed by atoms with Crippen LogP contribution in [0.1, 0.15) is 102 Å². The van der Waals surface area contributed by atoms with Gasteiger partial charge in [-0.05, 0) is 63.0 Å². The summed E-state index contributed by atoms with van der Waals surface area (Å²) in [7, 11) is 0. The van der Waals surface area contributed by atoms with Gasteiger partial charge in [0.25, 0.3) is 0 Å². The molecule has 2 atom stereocenters. The van der Waals surface area contributed by atoms with Crippen LogP contribution < -0.4 is 11.1 Å². The van der Waals surface area contributed by atoms with E-state index in [2.05, 4.69) is 20.3 Å². The van der Waals surface area contributed by atoms with E-state index in [1.165, 1.54) is 49.0 Å². The van der Waals surface area contributed by atoms with Crippen molar-refractivity contribution < 1.29 is 44.7 Å². The summed E-state index contributed by atoms with van der Waals surface area (Å²) < 4.78 is 116. The van der Waals surface area contributed by atoms with Crippen molar-refractivity contribution >= 4 is 36.3 Å². The molecule has 2 fully saturated rings.